The van der Waals surface area contributed by atoms with Crippen LogP contribution in [0.2, 0.25) is 0 Å². The minimum atomic E-state index is -0.269. The van der Waals surface area contributed by atoms with Gasteiger partial charge in [-0.15, -0.1) is 0 Å². The number of nitrogens with one attached hydrogen (secondary N) is 2. The average Bonchev–Trinajstić information content (AvgIpc) is 3.25. The SMILES string of the molecule is CCN1CC(C(=O)NCc2ccc(Nc3ccc(N4CCC(C)CC4)cc3C#N)cc2)CC1=O. The van der Waals surface area contributed by atoms with E-state index in [9.17, 15) is 14.9 Å². The second-order valence-corrected chi connectivity index (χ2v) is 9.38. The van der Waals surface area contributed by atoms with E-state index < -0.39 is 0 Å². The molecule has 178 valence electrons. The third kappa shape index (κ3) is 5.51. The van der Waals surface area contributed by atoms with Crippen molar-refractivity contribution < 1.29 is 9.59 Å². The molecule has 34 heavy (non-hydrogen) atoms. The van der Waals surface area contributed by atoms with Crippen LogP contribution in [0.15, 0.2) is 42.5 Å². The summed E-state index contributed by atoms with van der Waals surface area (Å²) in [6, 6.07) is 16.1. The Morgan fingerprint density at radius 3 is 2.53 bits per heavy atom. The van der Waals surface area contributed by atoms with Gasteiger partial charge in [0.25, 0.3) is 0 Å². The maximum Gasteiger partial charge on any atom is 0.225 e. The predicted molar refractivity (Wildman–Crippen MR) is 134 cm³/mol. The number of nitrogens with zero attached hydrogens (tertiary/aromatic N) is 3. The molecule has 1 unspecified atom stereocenters. The highest BCUT2D eigenvalue weighted by atomic mass is 16.2. The van der Waals surface area contributed by atoms with Crippen molar-refractivity contribution in [2.75, 3.05) is 36.4 Å². The summed E-state index contributed by atoms with van der Waals surface area (Å²) in [6.45, 7) is 7.85. The second kappa shape index (κ2) is 10.6. The van der Waals surface area contributed by atoms with Crippen LogP contribution in [0.25, 0.3) is 0 Å². The lowest BCUT2D eigenvalue weighted by molar-refractivity contribution is -0.128. The molecule has 2 heterocycles. The number of piperidine rings is 1. The Balaban J connectivity index is 1.33. The topological polar surface area (TPSA) is 88.5 Å². The van der Waals surface area contributed by atoms with Crippen LogP contribution in [0.5, 0.6) is 0 Å². The first-order valence-corrected chi connectivity index (χ1v) is 12.2. The van der Waals surface area contributed by atoms with Crippen molar-refractivity contribution >= 4 is 28.9 Å². The second-order valence-electron chi connectivity index (χ2n) is 9.38. The zero-order chi connectivity index (χ0) is 24.1. The fourth-order valence-electron chi connectivity index (χ4n) is 4.65. The van der Waals surface area contributed by atoms with Crippen LogP contribution in [0, 0.1) is 23.2 Å². The number of likely N-dealkylation sites (tertiary alicyclic amines) is 1. The van der Waals surface area contributed by atoms with Gasteiger partial charge in [-0.1, -0.05) is 19.1 Å². The van der Waals surface area contributed by atoms with E-state index in [1.165, 1.54) is 12.8 Å². The lowest BCUT2D eigenvalue weighted by Crippen LogP contribution is -2.32. The summed E-state index contributed by atoms with van der Waals surface area (Å²) in [4.78, 5) is 28.4. The first-order chi connectivity index (χ1) is 16.5. The van der Waals surface area contributed by atoms with Gasteiger partial charge in [-0.05, 0) is 61.6 Å². The molecule has 0 aliphatic carbocycles. The van der Waals surface area contributed by atoms with Crippen LogP contribution in [0.4, 0.5) is 17.1 Å². The van der Waals surface area contributed by atoms with E-state index >= 15 is 0 Å². The molecule has 7 heteroatoms. The minimum absolute atomic E-state index is 0.0494. The van der Waals surface area contributed by atoms with Crippen molar-refractivity contribution in [1.29, 1.82) is 5.26 Å². The third-order valence-corrected chi connectivity index (χ3v) is 6.94. The number of rotatable bonds is 7. The van der Waals surface area contributed by atoms with Gasteiger partial charge in [0.1, 0.15) is 6.07 Å². The quantitative estimate of drug-likeness (QED) is 0.653. The number of benzene rings is 2. The number of hydrogen-bond donors (Lipinski definition) is 2. The first kappa shape index (κ1) is 23.6. The molecule has 4 rings (SSSR count). The molecule has 0 spiro atoms. The number of nitriles is 1. The van der Waals surface area contributed by atoms with Gasteiger partial charge in [-0.2, -0.15) is 5.26 Å². The van der Waals surface area contributed by atoms with Gasteiger partial charge < -0.3 is 20.4 Å². The summed E-state index contributed by atoms with van der Waals surface area (Å²) < 4.78 is 0. The highest BCUT2D eigenvalue weighted by Crippen LogP contribution is 2.28. The van der Waals surface area contributed by atoms with E-state index in [1.54, 1.807) is 4.90 Å². The van der Waals surface area contributed by atoms with Gasteiger partial charge in [0.05, 0.1) is 17.2 Å². The number of carbonyl (C=O) groups is 2. The molecule has 7 nitrogen and oxygen atoms in total. The highest BCUT2D eigenvalue weighted by Gasteiger charge is 2.33. The molecule has 2 aromatic carbocycles. The summed E-state index contributed by atoms with van der Waals surface area (Å²) in [5, 5.41) is 16.0. The molecule has 2 fully saturated rings. The minimum Gasteiger partial charge on any atom is -0.371 e. The van der Waals surface area contributed by atoms with Crippen molar-refractivity contribution in [3.05, 3.63) is 53.6 Å². The zero-order valence-corrected chi connectivity index (χ0v) is 20.0. The first-order valence-electron chi connectivity index (χ1n) is 12.2. The lowest BCUT2D eigenvalue weighted by Gasteiger charge is -2.32. The van der Waals surface area contributed by atoms with E-state index in [0.29, 0.717) is 31.6 Å². The molecular weight excluding hydrogens is 426 g/mol. The maximum atomic E-state index is 12.4. The fourth-order valence-corrected chi connectivity index (χ4v) is 4.65. The van der Waals surface area contributed by atoms with Crippen LogP contribution < -0.4 is 15.5 Å². The van der Waals surface area contributed by atoms with Crippen LogP contribution in [0.3, 0.4) is 0 Å². The van der Waals surface area contributed by atoms with Crippen LogP contribution in [0.1, 0.15) is 44.2 Å². The average molecular weight is 460 g/mol. The molecule has 2 aliphatic rings. The molecule has 2 saturated heterocycles. The van der Waals surface area contributed by atoms with E-state index in [2.05, 4.69) is 34.6 Å². The van der Waals surface area contributed by atoms with Crippen LogP contribution in [-0.4, -0.2) is 42.9 Å². The largest absolute Gasteiger partial charge is 0.371 e. The Labute approximate surface area is 201 Å². The zero-order valence-electron chi connectivity index (χ0n) is 20.0. The smallest absolute Gasteiger partial charge is 0.225 e. The Kier molecular flexibility index (Phi) is 7.36. The molecule has 1 atom stereocenters. The standard InChI is InChI=1S/C27H33N5O2/c1-3-31-18-22(15-26(31)33)27(34)29-17-20-4-6-23(7-5-20)30-25-9-8-24(14-21(25)16-28)32-12-10-19(2)11-13-32/h4-9,14,19,22,30H,3,10-13,15,17-18H2,1-2H3,(H,29,34). The van der Waals surface area contributed by atoms with Gasteiger partial charge in [0.2, 0.25) is 11.8 Å². The number of amides is 2. The summed E-state index contributed by atoms with van der Waals surface area (Å²) >= 11 is 0. The molecule has 2 N–H and O–H groups in total. The molecule has 2 amide bonds. The van der Waals surface area contributed by atoms with Gasteiger partial charge in [0.15, 0.2) is 0 Å². The van der Waals surface area contributed by atoms with Crippen molar-refractivity contribution in [3.8, 4) is 6.07 Å². The number of carbonyl (C=O) groups excluding carboxylic acids is 2. The Bertz CT molecular complexity index is 1070. The van der Waals surface area contributed by atoms with Gasteiger partial charge >= 0.3 is 0 Å². The monoisotopic (exact) mass is 459 g/mol. The summed E-state index contributed by atoms with van der Waals surface area (Å²) in [5.74, 6) is 0.471. The lowest BCUT2D eigenvalue weighted by atomic mass is 9.98. The Morgan fingerprint density at radius 2 is 1.88 bits per heavy atom. The van der Waals surface area contributed by atoms with Gasteiger partial charge in [0, 0.05) is 50.5 Å². The Morgan fingerprint density at radius 1 is 1.15 bits per heavy atom. The fraction of sp³-hybridized carbons (Fsp3) is 0.444. The maximum absolute atomic E-state index is 12.4. The third-order valence-electron chi connectivity index (χ3n) is 6.94. The van der Waals surface area contributed by atoms with Gasteiger partial charge in [-0.25, -0.2) is 0 Å². The van der Waals surface area contributed by atoms with Crippen molar-refractivity contribution in [3.63, 3.8) is 0 Å². The normalized spacial score (nSPS) is 18.6. The van der Waals surface area contributed by atoms with Crippen molar-refractivity contribution in [1.82, 2.24) is 10.2 Å². The summed E-state index contributed by atoms with van der Waals surface area (Å²) in [6.07, 6.45) is 2.66. The van der Waals surface area contributed by atoms with Crippen LogP contribution >= 0.6 is 0 Å². The predicted octanol–water partition coefficient (Wildman–Crippen LogP) is 4.02. The van der Waals surface area contributed by atoms with E-state index in [0.717, 1.165) is 41.6 Å². The molecule has 2 aliphatic heterocycles. The molecule has 0 saturated carbocycles. The molecular formula is C27H33N5O2. The molecule has 0 aromatic heterocycles. The van der Waals surface area contributed by atoms with E-state index in [-0.39, 0.29) is 17.7 Å². The van der Waals surface area contributed by atoms with Crippen molar-refractivity contribution in [2.45, 2.75) is 39.7 Å². The summed E-state index contributed by atoms with van der Waals surface area (Å²) in [7, 11) is 0. The van der Waals surface area contributed by atoms with E-state index in [4.69, 9.17) is 0 Å². The number of anilines is 3. The van der Waals surface area contributed by atoms with Crippen LogP contribution in [-0.2, 0) is 16.1 Å². The molecule has 2 aromatic rings. The highest BCUT2D eigenvalue weighted by molar-refractivity contribution is 5.89. The molecule has 0 bridgehead atoms. The van der Waals surface area contributed by atoms with E-state index in [1.807, 2.05) is 43.3 Å². The summed E-state index contributed by atoms with van der Waals surface area (Å²) in [5.41, 5.74) is 4.37. The van der Waals surface area contributed by atoms with Crippen molar-refractivity contribution in [2.24, 2.45) is 11.8 Å². The van der Waals surface area contributed by atoms with Gasteiger partial charge in [-0.3, -0.25) is 9.59 Å². The molecule has 0 radical (unpaired) electrons. The Hall–Kier alpha value is -3.53. The number of hydrogen-bond acceptors (Lipinski definition) is 5.